The average Bonchev–Trinajstić information content (AvgIpc) is 3.28. The first-order valence-electron chi connectivity index (χ1n) is 9.93. The quantitative estimate of drug-likeness (QED) is 0.487. The summed E-state index contributed by atoms with van der Waals surface area (Å²) < 4.78 is 5.58. The Morgan fingerprint density at radius 2 is 1.77 bits per heavy atom. The molecule has 4 heterocycles. The van der Waals surface area contributed by atoms with Gasteiger partial charge in [0.1, 0.15) is 11.9 Å². The lowest BCUT2D eigenvalue weighted by Gasteiger charge is -2.20. The maximum atomic E-state index is 5.58. The summed E-state index contributed by atoms with van der Waals surface area (Å²) in [5.41, 5.74) is 2.68. The van der Waals surface area contributed by atoms with Gasteiger partial charge >= 0.3 is 0 Å². The van der Waals surface area contributed by atoms with Crippen molar-refractivity contribution < 1.29 is 4.52 Å². The highest BCUT2D eigenvalue weighted by molar-refractivity contribution is 5.57. The molecule has 0 radical (unpaired) electrons. The van der Waals surface area contributed by atoms with Crippen LogP contribution in [0.5, 0.6) is 0 Å². The molecule has 4 rings (SSSR count). The second kappa shape index (κ2) is 8.77. The summed E-state index contributed by atoms with van der Waals surface area (Å²) in [5.74, 6) is 2.58. The zero-order chi connectivity index (χ0) is 20.9. The Labute approximate surface area is 174 Å². The smallest absolute Gasteiger partial charge is 0.249 e. The molecule has 30 heavy (non-hydrogen) atoms. The highest BCUT2D eigenvalue weighted by atomic mass is 16.5. The summed E-state index contributed by atoms with van der Waals surface area (Å²) in [4.78, 5) is 22.1. The van der Waals surface area contributed by atoms with Crippen LogP contribution in [-0.4, -0.2) is 30.1 Å². The van der Waals surface area contributed by atoms with Gasteiger partial charge in [-0.15, -0.1) is 0 Å². The molecule has 0 aliphatic heterocycles. The van der Waals surface area contributed by atoms with Gasteiger partial charge < -0.3 is 9.84 Å². The summed E-state index contributed by atoms with van der Waals surface area (Å²) in [7, 11) is 0. The molecular weight excluding hydrogens is 378 g/mol. The molecule has 0 saturated carbocycles. The number of rotatable bonds is 7. The fourth-order valence-corrected chi connectivity index (χ4v) is 3.03. The minimum atomic E-state index is -0.201. The van der Waals surface area contributed by atoms with Gasteiger partial charge in [-0.1, -0.05) is 25.9 Å². The Bertz CT molecular complexity index is 1100. The van der Waals surface area contributed by atoms with Gasteiger partial charge in [0.05, 0.1) is 0 Å². The minimum absolute atomic E-state index is 0.191. The maximum absolute atomic E-state index is 5.58. The van der Waals surface area contributed by atoms with E-state index in [2.05, 4.69) is 51.2 Å². The molecule has 8 heteroatoms. The van der Waals surface area contributed by atoms with Gasteiger partial charge in [-0.25, -0.2) is 9.97 Å². The monoisotopic (exact) mass is 401 g/mol. The van der Waals surface area contributed by atoms with Crippen LogP contribution in [-0.2, 0) is 6.42 Å². The predicted octanol–water partition coefficient (Wildman–Crippen LogP) is 4.36. The zero-order valence-electron chi connectivity index (χ0n) is 17.1. The third kappa shape index (κ3) is 4.32. The molecule has 0 aliphatic carbocycles. The van der Waals surface area contributed by atoms with Crippen molar-refractivity contribution in [1.29, 1.82) is 0 Å². The lowest BCUT2D eigenvalue weighted by Crippen LogP contribution is -2.18. The van der Waals surface area contributed by atoms with Crippen LogP contribution >= 0.6 is 0 Å². The molecule has 0 fully saturated rings. The topological polar surface area (TPSA) is 103 Å². The van der Waals surface area contributed by atoms with Crippen molar-refractivity contribution >= 4 is 5.82 Å². The lowest BCUT2D eigenvalue weighted by atomic mass is 10.0. The molecule has 0 aromatic carbocycles. The van der Waals surface area contributed by atoms with Crippen LogP contribution in [0.2, 0.25) is 0 Å². The van der Waals surface area contributed by atoms with E-state index in [4.69, 9.17) is 9.51 Å². The summed E-state index contributed by atoms with van der Waals surface area (Å²) in [6.07, 6.45) is 7.70. The van der Waals surface area contributed by atoms with E-state index in [0.29, 0.717) is 23.4 Å². The first-order chi connectivity index (χ1) is 14.6. The van der Waals surface area contributed by atoms with E-state index in [9.17, 15) is 0 Å². The standard InChI is InChI=1S/C22H23N7O/c1-4-17-12-18(27-20(25-17)15-7-10-23-11-8-15)26-19(14(2)3)22-28-21(29-30-22)16-6-5-9-24-13-16/h5-14,19H,4H2,1-3H3,(H,25,26,27). The van der Waals surface area contributed by atoms with Crippen molar-refractivity contribution in [3.05, 3.63) is 66.7 Å². The molecule has 8 nitrogen and oxygen atoms in total. The second-order valence-electron chi connectivity index (χ2n) is 7.22. The molecule has 4 aromatic heterocycles. The predicted molar refractivity (Wildman–Crippen MR) is 113 cm³/mol. The highest BCUT2D eigenvalue weighted by Gasteiger charge is 2.24. The summed E-state index contributed by atoms with van der Waals surface area (Å²) >= 11 is 0. The van der Waals surface area contributed by atoms with E-state index in [0.717, 1.165) is 23.2 Å². The molecule has 0 amide bonds. The van der Waals surface area contributed by atoms with E-state index < -0.39 is 0 Å². The molecule has 0 saturated heterocycles. The number of aromatic nitrogens is 6. The molecular formula is C22H23N7O. The Kier molecular flexibility index (Phi) is 5.74. The molecule has 1 unspecified atom stereocenters. The summed E-state index contributed by atoms with van der Waals surface area (Å²) in [6, 6.07) is 9.30. The normalized spacial score (nSPS) is 12.1. The number of hydrogen-bond acceptors (Lipinski definition) is 8. The van der Waals surface area contributed by atoms with Crippen molar-refractivity contribution in [2.24, 2.45) is 5.92 Å². The number of nitrogens with one attached hydrogen (secondary N) is 1. The van der Waals surface area contributed by atoms with Crippen molar-refractivity contribution in [2.45, 2.75) is 33.2 Å². The first-order valence-corrected chi connectivity index (χ1v) is 9.93. The fourth-order valence-electron chi connectivity index (χ4n) is 3.03. The van der Waals surface area contributed by atoms with Crippen LogP contribution in [0.3, 0.4) is 0 Å². The molecule has 1 N–H and O–H groups in total. The van der Waals surface area contributed by atoms with Gasteiger partial charge in [-0.05, 0) is 36.6 Å². The molecule has 152 valence electrons. The third-order valence-corrected chi connectivity index (χ3v) is 4.68. The van der Waals surface area contributed by atoms with Crippen LogP contribution < -0.4 is 5.32 Å². The lowest BCUT2D eigenvalue weighted by molar-refractivity contribution is 0.335. The number of anilines is 1. The minimum Gasteiger partial charge on any atom is -0.358 e. The Hall–Kier alpha value is -3.68. The van der Waals surface area contributed by atoms with Crippen molar-refractivity contribution in [2.75, 3.05) is 5.32 Å². The van der Waals surface area contributed by atoms with E-state index in [-0.39, 0.29) is 12.0 Å². The number of nitrogens with zero attached hydrogens (tertiary/aromatic N) is 6. The molecule has 0 aliphatic rings. The van der Waals surface area contributed by atoms with Gasteiger partial charge in [0.25, 0.3) is 0 Å². The van der Waals surface area contributed by atoms with Crippen LogP contribution in [0.1, 0.15) is 38.4 Å². The Morgan fingerprint density at radius 1 is 0.933 bits per heavy atom. The Morgan fingerprint density at radius 3 is 2.47 bits per heavy atom. The van der Waals surface area contributed by atoms with Gasteiger partial charge in [0.2, 0.25) is 11.7 Å². The average molecular weight is 401 g/mol. The first kappa shape index (κ1) is 19.6. The SMILES string of the molecule is CCc1cc(NC(c2nc(-c3cccnc3)no2)C(C)C)nc(-c2ccncc2)n1. The fraction of sp³-hybridized carbons (Fsp3) is 0.273. The zero-order valence-corrected chi connectivity index (χ0v) is 17.1. The van der Waals surface area contributed by atoms with Crippen LogP contribution in [0.4, 0.5) is 5.82 Å². The maximum Gasteiger partial charge on any atom is 0.249 e. The third-order valence-electron chi connectivity index (χ3n) is 4.68. The number of aryl methyl sites for hydroxylation is 1. The second-order valence-corrected chi connectivity index (χ2v) is 7.22. The molecule has 1 atom stereocenters. The highest BCUT2D eigenvalue weighted by Crippen LogP contribution is 2.28. The molecule has 4 aromatic rings. The van der Waals surface area contributed by atoms with Gasteiger partial charge in [-0.3, -0.25) is 9.97 Å². The number of hydrogen-bond donors (Lipinski definition) is 1. The Balaban J connectivity index is 1.65. The summed E-state index contributed by atoms with van der Waals surface area (Å²) in [5, 5.41) is 7.59. The van der Waals surface area contributed by atoms with Crippen molar-refractivity contribution in [3.8, 4) is 22.8 Å². The van der Waals surface area contributed by atoms with E-state index in [1.54, 1.807) is 24.8 Å². The van der Waals surface area contributed by atoms with Crippen LogP contribution in [0, 0.1) is 5.92 Å². The summed E-state index contributed by atoms with van der Waals surface area (Å²) in [6.45, 7) is 6.26. The van der Waals surface area contributed by atoms with E-state index in [1.807, 2.05) is 30.3 Å². The molecule has 0 bridgehead atoms. The van der Waals surface area contributed by atoms with E-state index >= 15 is 0 Å². The van der Waals surface area contributed by atoms with Crippen molar-refractivity contribution in [3.63, 3.8) is 0 Å². The van der Waals surface area contributed by atoms with E-state index in [1.165, 1.54) is 0 Å². The number of pyridine rings is 2. The van der Waals surface area contributed by atoms with Gasteiger partial charge in [-0.2, -0.15) is 4.98 Å². The van der Waals surface area contributed by atoms with Gasteiger partial charge in [0.15, 0.2) is 5.82 Å². The largest absolute Gasteiger partial charge is 0.358 e. The van der Waals surface area contributed by atoms with Crippen LogP contribution in [0.25, 0.3) is 22.8 Å². The molecule has 0 spiro atoms. The van der Waals surface area contributed by atoms with Crippen LogP contribution in [0.15, 0.2) is 59.6 Å². The van der Waals surface area contributed by atoms with Gasteiger partial charge in [0, 0.05) is 47.7 Å². The van der Waals surface area contributed by atoms with Crippen molar-refractivity contribution in [1.82, 2.24) is 30.1 Å².